The van der Waals surface area contributed by atoms with Crippen molar-refractivity contribution in [3.8, 4) is 17.2 Å². The molecule has 3 heteroatoms. The molecule has 0 heterocycles. The van der Waals surface area contributed by atoms with Gasteiger partial charge >= 0.3 is 0 Å². The van der Waals surface area contributed by atoms with E-state index < -0.39 is 0 Å². The van der Waals surface area contributed by atoms with Crippen LogP contribution in [0.4, 0.5) is 0 Å². The molecular formula is C11H15O3. The number of hydrogen-bond acceptors (Lipinski definition) is 3. The molecule has 1 radical (unpaired) electrons. The third kappa shape index (κ3) is 2.83. The van der Waals surface area contributed by atoms with Crippen molar-refractivity contribution in [2.45, 2.75) is 13.3 Å². The zero-order valence-corrected chi connectivity index (χ0v) is 8.79. The predicted octanol–water partition coefficient (Wildman–Crippen LogP) is 2.29. The first-order valence-electron chi connectivity index (χ1n) is 4.58. The van der Waals surface area contributed by atoms with Crippen LogP contribution in [-0.4, -0.2) is 20.8 Å². The zero-order chi connectivity index (χ0) is 10.4. The lowest BCUT2D eigenvalue weighted by Gasteiger charge is -2.08. The number of rotatable bonds is 5. The second-order valence-electron chi connectivity index (χ2n) is 2.80. The Kier molecular flexibility index (Phi) is 4.11. The second-order valence-corrected chi connectivity index (χ2v) is 2.80. The van der Waals surface area contributed by atoms with Crippen LogP contribution in [0.15, 0.2) is 12.1 Å². The van der Waals surface area contributed by atoms with E-state index in [4.69, 9.17) is 14.2 Å². The summed E-state index contributed by atoms with van der Waals surface area (Å²) in [6, 6.07) is 6.53. The van der Waals surface area contributed by atoms with E-state index in [0.29, 0.717) is 23.9 Å². The van der Waals surface area contributed by atoms with Crippen LogP contribution in [-0.2, 0) is 0 Å². The Morgan fingerprint density at radius 1 is 1.14 bits per heavy atom. The van der Waals surface area contributed by atoms with Gasteiger partial charge in [0.25, 0.3) is 0 Å². The Bertz CT molecular complexity index is 262. The highest BCUT2D eigenvalue weighted by Gasteiger charge is 2.02. The third-order valence-corrected chi connectivity index (χ3v) is 1.71. The summed E-state index contributed by atoms with van der Waals surface area (Å²) < 4.78 is 15.6. The minimum Gasteiger partial charge on any atom is -0.496 e. The summed E-state index contributed by atoms with van der Waals surface area (Å²) in [5.74, 6) is 1.99. The maximum absolute atomic E-state index is 5.42. The lowest BCUT2D eigenvalue weighted by molar-refractivity contribution is 0.310. The van der Waals surface area contributed by atoms with Gasteiger partial charge in [0, 0.05) is 12.1 Å². The minimum absolute atomic E-state index is 0.621. The van der Waals surface area contributed by atoms with Crippen molar-refractivity contribution < 1.29 is 14.2 Å². The van der Waals surface area contributed by atoms with Gasteiger partial charge in [-0.15, -0.1) is 0 Å². The van der Waals surface area contributed by atoms with Crippen LogP contribution in [0, 0.1) is 6.07 Å². The molecule has 0 saturated heterocycles. The zero-order valence-electron chi connectivity index (χ0n) is 8.79. The minimum atomic E-state index is 0.621. The number of methoxy groups -OCH3 is 2. The highest BCUT2D eigenvalue weighted by Crippen LogP contribution is 2.26. The standard InChI is InChI=1S/C11H15O3/c1-4-5-14-11-7-9(12-2)6-10(8-11)13-3/h6-7H,4-5H2,1-3H3. The normalized spacial score (nSPS) is 9.64. The molecule has 0 aliphatic heterocycles. The average Bonchev–Trinajstić information content (AvgIpc) is 2.25. The van der Waals surface area contributed by atoms with Gasteiger partial charge in [0.2, 0.25) is 0 Å². The molecule has 1 rings (SSSR count). The van der Waals surface area contributed by atoms with E-state index >= 15 is 0 Å². The summed E-state index contributed by atoms with van der Waals surface area (Å²) in [5.41, 5.74) is 0. The van der Waals surface area contributed by atoms with Gasteiger partial charge in [-0.2, -0.15) is 0 Å². The maximum Gasteiger partial charge on any atom is 0.134 e. The summed E-state index contributed by atoms with van der Waals surface area (Å²) in [6.07, 6.45) is 0.966. The van der Waals surface area contributed by atoms with Crippen molar-refractivity contribution >= 4 is 0 Å². The van der Waals surface area contributed by atoms with Gasteiger partial charge in [-0.1, -0.05) is 6.92 Å². The van der Waals surface area contributed by atoms with Gasteiger partial charge in [0.05, 0.1) is 26.9 Å². The highest BCUT2D eigenvalue weighted by atomic mass is 16.5. The first-order valence-corrected chi connectivity index (χ1v) is 4.58. The fraction of sp³-hybridized carbons (Fsp3) is 0.455. The van der Waals surface area contributed by atoms with Crippen LogP contribution in [0.5, 0.6) is 17.2 Å². The molecule has 0 amide bonds. The lowest BCUT2D eigenvalue weighted by atomic mass is 10.3. The van der Waals surface area contributed by atoms with Gasteiger partial charge in [-0.25, -0.2) is 0 Å². The average molecular weight is 195 g/mol. The summed E-state index contributed by atoms with van der Waals surface area (Å²) in [4.78, 5) is 0. The summed E-state index contributed by atoms with van der Waals surface area (Å²) in [5, 5.41) is 0. The Balaban J connectivity index is 2.81. The van der Waals surface area contributed by atoms with E-state index in [9.17, 15) is 0 Å². The predicted molar refractivity (Wildman–Crippen MR) is 54.2 cm³/mol. The van der Waals surface area contributed by atoms with Crippen molar-refractivity contribution in [2.24, 2.45) is 0 Å². The first-order chi connectivity index (χ1) is 6.80. The van der Waals surface area contributed by atoms with Gasteiger partial charge in [0.15, 0.2) is 0 Å². The summed E-state index contributed by atoms with van der Waals surface area (Å²) in [7, 11) is 3.20. The fourth-order valence-corrected chi connectivity index (χ4v) is 1.01. The number of benzene rings is 1. The maximum atomic E-state index is 5.42. The molecule has 0 N–H and O–H groups in total. The molecule has 0 aliphatic carbocycles. The van der Waals surface area contributed by atoms with Crippen LogP contribution in [0.3, 0.4) is 0 Å². The molecule has 0 aromatic heterocycles. The van der Waals surface area contributed by atoms with E-state index in [0.717, 1.165) is 6.42 Å². The van der Waals surface area contributed by atoms with Crippen molar-refractivity contribution in [3.63, 3.8) is 0 Å². The van der Waals surface area contributed by atoms with Crippen molar-refractivity contribution in [1.82, 2.24) is 0 Å². The molecule has 0 fully saturated rings. The molecule has 0 aliphatic rings. The molecule has 14 heavy (non-hydrogen) atoms. The Hall–Kier alpha value is -1.38. The number of hydrogen-bond donors (Lipinski definition) is 0. The van der Waals surface area contributed by atoms with Crippen molar-refractivity contribution in [2.75, 3.05) is 20.8 Å². The monoisotopic (exact) mass is 195 g/mol. The first kappa shape index (κ1) is 10.7. The Morgan fingerprint density at radius 2 is 1.86 bits per heavy atom. The molecule has 0 atom stereocenters. The molecule has 3 nitrogen and oxygen atoms in total. The Morgan fingerprint density at radius 3 is 2.43 bits per heavy atom. The lowest BCUT2D eigenvalue weighted by Crippen LogP contribution is -1.96. The SMILES string of the molecule is CCCOc1[c]c(OC)cc(OC)c1. The van der Waals surface area contributed by atoms with Crippen LogP contribution >= 0.6 is 0 Å². The Labute approximate surface area is 84.6 Å². The van der Waals surface area contributed by atoms with Crippen LogP contribution in [0.1, 0.15) is 13.3 Å². The molecule has 77 valence electrons. The van der Waals surface area contributed by atoms with Gasteiger partial charge in [0.1, 0.15) is 17.2 Å². The van der Waals surface area contributed by atoms with Crippen molar-refractivity contribution in [1.29, 1.82) is 0 Å². The van der Waals surface area contributed by atoms with E-state index in [1.54, 1.807) is 26.4 Å². The van der Waals surface area contributed by atoms with Crippen molar-refractivity contribution in [3.05, 3.63) is 18.2 Å². The molecule has 0 unspecified atom stereocenters. The summed E-state index contributed by atoms with van der Waals surface area (Å²) in [6.45, 7) is 2.73. The van der Waals surface area contributed by atoms with E-state index in [-0.39, 0.29) is 0 Å². The van der Waals surface area contributed by atoms with Crippen LogP contribution in [0.25, 0.3) is 0 Å². The highest BCUT2D eigenvalue weighted by molar-refractivity contribution is 5.40. The molecular weight excluding hydrogens is 180 g/mol. The molecule has 0 spiro atoms. The molecule has 1 aromatic rings. The van der Waals surface area contributed by atoms with Crippen LogP contribution < -0.4 is 14.2 Å². The quantitative estimate of drug-likeness (QED) is 0.721. The molecule has 0 saturated carbocycles. The van der Waals surface area contributed by atoms with Gasteiger partial charge in [-0.3, -0.25) is 0 Å². The smallest absolute Gasteiger partial charge is 0.134 e. The van der Waals surface area contributed by atoms with E-state index in [1.807, 2.05) is 0 Å². The molecule has 1 aromatic carbocycles. The van der Waals surface area contributed by atoms with Gasteiger partial charge in [-0.05, 0) is 6.42 Å². The number of ether oxygens (including phenoxy) is 3. The second kappa shape index (κ2) is 5.37. The van der Waals surface area contributed by atoms with Crippen LogP contribution in [0.2, 0.25) is 0 Å². The van der Waals surface area contributed by atoms with Gasteiger partial charge < -0.3 is 14.2 Å². The fourth-order valence-electron chi connectivity index (χ4n) is 1.01. The van der Waals surface area contributed by atoms with E-state index in [1.165, 1.54) is 0 Å². The molecule has 0 bridgehead atoms. The topological polar surface area (TPSA) is 27.7 Å². The third-order valence-electron chi connectivity index (χ3n) is 1.71. The summed E-state index contributed by atoms with van der Waals surface area (Å²) >= 11 is 0. The van der Waals surface area contributed by atoms with E-state index in [2.05, 4.69) is 13.0 Å². The largest absolute Gasteiger partial charge is 0.496 e.